The Morgan fingerprint density at radius 2 is 1.86 bits per heavy atom. The maximum absolute atomic E-state index is 12.4. The molecule has 0 saturated carbocycles. The molecule has 0 spiro atoms. The second kappa shape index (κ2) is 5.64. The van der Waals surface area contributed by atoms with E-state index in [0.29, 0.717) is 10.5 Å². The van der Waals surface area contributed by atoms with Crippen molar-refractivity contribution in [2.24, 2.45) is 0 Å². The maximum Gasteiger partial charge on any atom is 0.433 e. The SMILES string of the molecule is O=S(=O)(Nc1ccc(C(F)(F)F)nc1)c1cccc(Br)c1. The highest BCUT2D eigenvalue weighted by molar-refractivity contribution is 9.10. The van der Waals surface area contributed by atoms with Crippen LogP contribution in [0.1, 0.15) is 5.69 Å². The minimum atomic E-state index is -4.57. The summed E-state index contributed by atoms with van der Waals surface area (Å²) in [6.45, 7) is 0. The number of nitrogens with zero attached hydrogens (tertiary/aromatic N) is 1. The summed E-state index contributed by atoms with van der Waals surface area (Å²) in [6, 6.07) is 7.64. The molecule has 0 aliphatic rings. The number of nitrogens with one attached hydrogen (secondary N) is 1. The number of halogens is 4. The van der Waals surface area contributed by atoms with Gasteiger partial charge in [-0.3, -0.25) is 4.72 Å². The first-order chi connectivity index (χ1) is 9.68. The largest absolute Gasteiger partial charge is 0.433 e. The Balaban J connectivity index is 2.25. The van der Waals surface area contributed by atoms with Crippen LogP contribution < -0.4 is 4.72 Å². The van der Waals surface area contributed by atoms with Crippen molar-refractivity contribution in [3.63, 3.8) is 0 Å². The number of rotatable bonds is 3. The predicted molar refractivity (Wildman–Crippen MR) is 74.2 cm³/mol. The van der Waals surface area contributed by atoms with Gasteiger partial charge in [0.05, 0.1) is 16.8 Å². The van der Waals surface area contributed by atoms with Crippen LogP contribution >= 0.6 is 15.9 Å². The predicted octanol–water partition coefficient (Wildman–Crippen LogP) is 3.66. The Bertz CT molecular complexity index is 746. The Morgan fingerprint density at radius 1 is 1.14 bits per heavy atom. The van der Waals surface area contributed by atoms with Crippen molar-refractivity contribution in [3.8, 4) is 0 Å². The lowest BCUT2D eigenvalue weighted by atomic mass is 10.3. The van der Waals surface area contributed by atoms with Crippen LogP contribution in [0, 0.1) is 0 Å². The van der Waals surface area contributed by atoms with Crippen LogP contribution in [0.3, 0.4) is 0 Å². The van der Waals surface area contributed by atoms with Crippen molar-refractivity contribution >= 4 is 31.6 Å². The van der Waals surface area contributed by atoms with Gasteiger partial charge in [-0.25, -0.2) is 13.4 Å². The van der Waals surface area contributed by atoms with Gasteiger partial charge in [0.15, 0.2) is 0 Å². The van der Waals surface area contributed by atoms with Gasteiger partial charge in [-0.05, 0) is 30.3 Å². The van der Waals surface area contributed by atoms with Crippen LogP contribution in [0.15, 0.2) is 52.0 Å². The van der Waals surface area contributed by atoms with Gasteiger partial charge in [-0.2, -0.15) is 13.2 Å². The molecule has 0 atom stereocenters. The molecule has 112 valence electrons. The molecule has 4 nitrogen and oxygen atoms in total. The first kappa shape index (κ1) is 15.8. The number of sulfonamides is 1. The van der Waals surface area contributed by atoms with Crippen LogP contribution in [0.25, 0.3) is 0 Å². The van der Waals surface area contributed by atoms with Crippen molar-refractivity contribution < 1.29 is 21.6 Å². The van der Waals surface area contributed by atoms with E-state index < -0.39 is 21.9 Å². The minimum Gasteiger partial charge on any atom is -0.278 e. The molecule has 0 unspecified atom stereocenters. The topological polar surface area (TPSA) is 59.1 Å². The fourth-order valence-corrected chi connectivity index (χ4v) is 3.11. The Kier molecular flexibility index (Phi) is 4.24. The Morgan fingerprint density at radius 3 is 2.38 bits per heavy atom. The zero-order valence-corrected chi connectivity index (χ0v) is 12.6. The van der Waals surface area contributed by atoms with E-state index in [1.807, 2.05) is 0 Å². The lowest BCUT2D eigenvalue weighted by molar-refractivity contribution is -0.141. The molecule has 1 aromatic heterocycles. The van der Waals surface area contributed by atoms with Crippen molar-refractivity contribution in [1.29, 1.82) is 0 Å². The number of alkyl halides is 3. The molecule has 1 aromatic carbocycles. The summed E-state index contributed by atoms with van der Waals surface area (Å²) in [5, 5.41) is 0. The minimum absolute atomic E-state index is 0.0169. The van der Waals surface area contributed by atoms with Gasteiger partial charge in [0.1, 0.15) is 5.69 Å². The highest BCUT2D eigenvalue weighted by Gasteiger charge is 2.32. The third-order valence-corrected chi connectivity index (χ3v) is 4.28. The molecular formula is C12H8BrF3N2O2S. The molecule has 2 rings (SSSR count). The molecule has 21 heavy (non-hydrogen) atoms. The van der Waals surface area contributed by atoms with Gasteiger partial charge >= 0.3 is 6.18 Å². The number of pyridine rings is 1. The molecule has 1 heterocycles. The maximum atomic E-state index is 12.4. The summed E-state index contributed by atoms with van der Waals surface area (Å²) in [6.07, 6.45) is -3.75. The van der Waals surface area contributed by atoms with Crippen molar-refractivity contribution in [3.05, 3.63) is 52.8 Å². The molecule has 0 fully saturated rings. The average Bonchev–Trinajstić information content (AvgIpc) is 2.38. The first-order valence-electron chi connectivity index (χ1n) is 5.50. The standard InChI is InChI=1S/C12H8BrF3N2O2S/c13-8-2-1-3-10(6-8)21(19,20)18-9-4-5-11(17-7-9)12(14,15)16/h1-7,18H. The van der Waals surface area contributed by atoms with Crippen molar-refractivity contribution in [2.75, 3.05) is 4.72 Å². The highest BCUT2D eigenvalue weighted by Crippen LogP contribution is 2.28. The van der Waals surface area contributed by atoms with E-state index in [-0.39, 0.29) is 10.6 Å². The first-order valence-corrected chi connectivity index (χ1v) is 7.78. The molecule has 0 saturated heterocycles. The quantitative estimate of drug-likeness (QED) is 0.883. The molecule has 0 bridgehead atoms. The van der Waals surface area contributed by atoms with Crippen LogP contribution in [-0.4, -0.2) is 13.4 Å². The second-order valence-electron chi connectivity index (χ2n) is 3.99. The number of anilines is 1. The lowest BCUT2D eigenvalue weighted by Gasteiger charge is -2.09. The van der Waals surface area contributed by atoms with E-state index in [1.165, 1.54) is 18.2 Å². The van der Waals surface area contributed by atoms with Gasteiger partial charge < -0.3 is 0 Å². The van der Waals surface area contributed by atoms with Gasteiger partial charge in [0.25, 0.3) is 10.0 Å². The Hall–Kier alpha value is -1.61. The normalized spacial score (nSPS) is 12.2. The van der Waals surface area contributed by atoms with E-state index in [4.69, 9.17) is 0 Å². The second-order valence-corrected chi connectivity index (χ2v) is 6.59. The van der Waals surface area contributed by atoms with E-state index in [1.54, 1.807) is 6.07 Å². The molecule has 2 aromatic rings. The number of benzene rings is 1. The fraction of sp³-hybridized carbons (Fsp3) is 0.0833. The van der Waals surface area contributed by atoms with Crippen molar-refractivity contribution in [1.82, 2.24) is 4.98 Å². The molecule has 0 amide bonds. The number of aromatic nitrogens is 1. The van der Waals surface area contributed by atoms with Crippen LogP contribution in [0.2, 0.25) is 0 Å². The Labute approximate surface area is 127 Å². The summed E-state index contributed by atoms with van der Waals surface area (Å²) in [5.41, 5.74) is -1.14. The van der Waals surface area contributed by atoms with Crippen molar-refractivity contribution in [2.45, 2.75) is 11.1 Å². The van der Waals surface area contributed by atoms with Gasteiger partial charge in [-0.15, -0.1) is 0 Å². The van der Waals surface area contributed by atoms with Gasteiger partial charge in [0, 0.05) is 4.47 Å². The molecule has 1 N–H and O–H groups in total. The number of hydrogen-bond acceptors (Lipinski definition) is 3. The third kappa shape index (κ3) is 3.94. The molecule has 0 aliphatic heterocycles. The smallest absolute Gasteiger partial charge is 0.278 e. The summed E-state index contributed by atoms with van der Waals surface area (Å²) in [4.78, 5) is 3.17. The van der Waals surface area contributed by atoms with Crippen LogP contribution in [0.5, 0.6) is 0 Å². The monoisotopic (exact) mass is 380 g/mol. The van der Waals surface area contributed by atoms with Gasteiger partial charge in [-0.1, -0.05) is 22.0 Å². The van der Waals surface area contributed by atoms with E-state index in [2.05, 4.69) is 25.6 Å². The molecular weight excluding hydrogens is 373 g/mol. The summed E-state index contributed by atoms with van der Waals surface area (Å²) >= 11 is 3.14. The van der Waals surface area contributed by atoms with Crippen LogP contribution in [-0.2, 0) is 16.2 Å². The third-order valence-electron chi connectivity index (χ3n) is 2.41. The van der Waals surface area contributed by atoms with E-state index in [0.717, 1.165) is 12.3 Å². The highest BCUT2D eigenvalue weighted by atomic mass is 79.9. The molecule has 0 aliphatic carbocycles. The van der Waals surface area contributed by atoms with Gasteiger partial charge in [0.2, 0.25) is 0 Å². The summed E-state index contributed by atoms with van der Waals surface area (Å²) < 4.78 is 63.9. The van der Waals surface area contributed by atoms with E-state index >= 15 is 0 Å². The molecule has 0 radical (unpaired) electrons. The van der Waals surface area contributed by atoms with E-state index in [9.17, 15) is 21.6 Å². The zero-order chi connectivity index (χ0) is 15.7. The fourth-order valence-electron chi connectivity index (χ4n) is 1.47. The lowest BCUT2D eigenvalue weighted by Crippen LogP contribution is -2.14. The molecule has 9 heteroatoms. The zero-order valence-electron chi connectivity index (χ0n) is 10.2. The summed E-state index contributed by atoms with van der Waals surface area (Å²) in [7, 11) is -3.89. The van der Waals surface area contributed by atoms with Crippen LogP contribution in [0.4, 0.5) is 18.9 Å². The summed E-state index contributed by atoms with van der Waals surface area (Å²) in [5.74, 6) is 0. The average molecular weight is 381 g/mol. The number of hydrogen-bond donors (Lipinski definition) is 1.